The summed E-state index contributed by atoms with van der Waals surface area (Å²) in [5.74, 6) is 0.596. The van der Waals surface area contributed by atoms with Gasteiger partial charge in [0.25, 0.3) is 0 Å². The molecule has 0 fully saturated rings. The van der Waals surface area contributed by atoms with Crippen LogP contribution in [0.25, 0.3) is 10.6 Å². The van der Waals surface area contributed by atoms with Crippen molar-refractivity contribution in [2.75, 3.05) is 6.61 Å². The summed E-state index contributed by atoms with van der Waals surface area (Å²) < 4.78 is 6.76. The Hall–Kier alpha value is -1.98. The zero-order valence-corrected chi connectivity index (χ0v) is 16.0. The minimum Gasteiger partial charge on any atom is -0.492 e. The summed E-state index contributed by atoms with van der Waals surface area (Å²) in [6.45, 7) is 2.45. The van der Waals surface area contributed by atoms with Gasteiger partial charge in [0.2, 0.25) is 0 Å². The van der Waals surface area contributed by atoms with Gasteiger partial charge < -0.3 is 4.74 Å². The van der Waals surface area contributed by atoms with Crippen LogP contribution in [-0.2, 0) is 0 Å². The summed E-state index contributed by atoms with van der Waals surface area (Å²) in [5, 5.41) is 3.04. The normalized spacial score (nSPS) is 17.7. The van der Waals surface area contributed by atoms with Gasteiger partial charge in [0, 0.05) is 21.3 Å². The minimum atomic E-state index is -0.209. The van der Waals surface area contributed by atoms with Gasteiger partial charge in [-0.2, -0.15) is 0 Å². The van der Waals surface area contributed by atoms with Crippen molar-refractivity contribution in [3.63, 3.8) is 0 Å². The Balaban J connectivity index is 1.60. The first kappa shape index (κ1) is 16.5. The summed E-state index contributed by atoms with van der Waals surface area (Å²) >= 11 is 5.03. The maximum Gasteiger partial charge on any atom is 0.173 e. The molecule has 2 atom stereocenters. The molecule has 0 N–H and O–H groups in total. The van der Waals surface area contributed by atoms with E-state index in [2.05, 4.69) is 40.4 Å². The number of Topliss-reactive ketones (excluding diaryl/α,β-unsaturated/α-hetero) is 1. The molecule has 0 bridgehead atoms. The number of halogens is 1. The van der Waals surface area contributed by atoms with E-state index in [0.29, 0.717) is 17.9 Å². The molecular weight excluding hydrogens is 398 g/mol. The quantitative estimate of drug-likeness (QED) is 0.563. The van der Waals surface area contributed by atoms with Crippen LogP contribution in [0.4, 0.5) is 0 Å². The maximum absolute atomic E-state index is 12.9. The molecular formula is C20H16BrNO2S. The van der Waals surface area contributed by atoms with Gasteiger partial charge in [0.15, 0.2) is 5.78 Å². The Morgan fingerprint density at radius 3 is 2.84 bits per heavy atom. The predicted octanol–water partition coefficient (Wildman–Crippen LogP) is 5.57. The zero-order chi connectivity index (χ0) is 17.4. The molecule has 0 aliphatic carbocycles. The number of nitrogens with zero attached hydrogens (tertiary/aromatic N) is 1. The highest BCUT2D eigenvalue weighted by Crippen LogP contribution is 2.37. The third-order valence-electron chi connectivity index (χ3n) is 4.58. The van der Waals surface area contributed by atoms with Crippen LogP contribution < -0.4 is 4.74 Å². The number of ketones is 1. The van der Waals surface area contributed by atoms with E-state index in [9.17, 15) is 4.79 Å². The maximum atomic E-state index is 12.9. The highest BCUT2D eigenvalue weighted by molar-refractivity contribution is 9.10. The molecule has 0 spiro atoms. The molecule has 2 heterocycles. The molecule has 126 valence electrons. The van der Waals surface area contributed by atoms with Crippen molar-refractivity contribution in [1.29, 1.82) is 0 Å². The van der Waals surface area contributed by atoms with Crippen molar-refractivity contribution in [1.82, 2.24) is 4.98 Å². The lowest BCUT2D eigenvalue weighted by Gasteiger charge is -2.27. The van der Waals surface area contributed by atoms with Gasteiger partial charge in [-0.15, -0.1) is 11.3 Å². The SMILES string of the molecule is CC(c1csc(-c2ccccc2)n1)C1COc2cc(Br)ccc2C1=O. The number of fused-ring (bicyclic) bond motifs is 1. The highest BCUT2D eigenvalue weighted by Gasteiger charge is 2.34. The number of carbonyl (C=O) groups is 1. The highest BCUT2D eigenvalue weighted by atomic mass is 79.9. The number of benzene rings is 2. The Morgan fingerprint density at radius 1 is 1.24 bits per heavy atom. The standard InChI is InChI=1S/C20H16BrNO2S/c1-12(17-11-25-20(22-17)13-5-3-2-4-6-13)16-10-24-18-9-14(21)7-8-15(18)19(16)23/h2-9,11-12,16H,10H2,1H3. The van der Waals surface area contributed by atoms with E-state index < -0.39 is 0 Å². The largest absolute Gasteiger partial charge is 0.492 e. The van der Waals surface area contributed by atoms with Crippen LogP contribution in [0.1, 0.15) is 28.9 Å². The second kappa shape index (κ2) is 6.73. The fourth-order valence-electron chi connectivity index (χ4n) is 3.06. The first-order valence-electron chi connectivity index (χ1n) is 8.11. The van der Waals surface area contributed by atoms with Gasteiger partial charge in [-0.25, -0.2) is 4.98 Å². The second-order valence-electron chi connectivity index (χ2n) is 6.15. The number of aromatic nitrogens is 1. The Labute approximate surface area is 158 Å². The summed E-state index contributed by atoms with van der Waals surface area (Å²) in [7, 11) is 0. The molecule has 1 aromatic heterocycles. The topological polar surface area (TPSA) is 39.2 Å². The first-order chi connectivity index (χ1) is 12.1. The third-order valence-corrected chi connectivity index (χ3v) is 5.98. The molecule has 2 aromatic carbocycles. The fraction of sp³-hybridized carbons (Fsp3) is 0.200. The van der Waals surface area contributed by atoms with Crippen LogP contribution >= 0.6 is 27.3 Å². The van der Waals surface area contributed by atoms with E-state index in [4.69, 9.17) is 9.72 Å². The van der Waals surface area contributed by atoms with Gasteiger partial charge in [-0.1, -0.05) is 53.2 Å². The molecule has 1 aliphatic heterocycles. The number of carbonyl (C=O) groups excluding carboxylic acids is 1. The zero-order valence-electron chi connectivity index (χ0n) is 13.6. The summed E-state index contributed by atoms with van der Waals surface area (Å²) in [6.07, 6.45) is 0. The summed E-state index contributed by atoms with van der Waals surface area (Å²) in [4.78, 5) is 17.7. The number of hydrogen-bond acceptors (Lipinski definition) is 4. The van der Waals surface area contributed by atoms with Crippen molar-refractivity contribution in [2.45, 2.75) is 12.8 Å². The molecule has 0 amide bonds. The van der Waals surface area contributed by atoms with Crippen molar-refractivity contribution in [2.24, 2.45) is 5.92 Å². The Morgan fingerprint density at radius 2 is 2.04 bits per heavy atom. The van der Waals surface area contributed by atoms with Crippen LogP contribution in [-0.4, -0.2) is 17.4 Å². The van der Waals surface area contributed by atoms with Crippen molar-refractivity contribution < 1.29 is 9.53 Å². The van der Waals surface area contributed by atoms with Crippen molar-refractivity contribution in [3.8, 4) is 16.3 Å². The molecule has 0 saturated heterocycles. The van der Waals surface area contributed by atoms with Crippen LogP contribution in [0.5, 0.6) is 5.75 Å². The Kier molecular flexibility index (Phi) is 4.44. The minimum absolute atomic E-state index is 0.0120. The smallest absolute Gasteiger partial charge is 0.173 e. The lowest BCUT2D eigenvalue weighted by atomic mass is 9.84. The fourth-order valence-corrected chi connectivity index (χ4v) is 4.33. The molecule has 1 aliphatic rings. The van der Waals surface area contributed by atoms with Crippen LogP contribution in [0, 0.1) is 5.92 Å². The molecule has 5 heteroatoms. The third kappa shape index (κ3) is 3.14. The van der Waals surface area contributed by atoms with E-state index in [1.165, 1.54) is 0 Å². The average molecular weight is 414 g/mol. The molecule has 3 nitrogen and oxygen atoms in total. The van der Waals surface area contributed by atoms with Crippen LogP contribution in [0.2, 0.25) is 0 Å². The van der Waals surface area contributed by atoms with Gasteiger partial charge >= 0.3 is 0 Å². The van der Waals surface area contributed by atoms with Crippen LogP contribution in [0.3, 0.4) is 0 Å². The van der Waals surface area contributed by atoms with E-state index in [0.717, 1.165) is 20.7 Å². The van der Waals surface area contributed by atoms with E-state index >= 15 is 0 Å². The molecule has 0 saturated carbocycles. The van der Waals surface area contributed by atoms with Crippen molar-refractivity contribution in [3.05, 3.63) is 69.6 Å². The number of rotatable bonds is 3. The number of thiazole rings is 1. The first-order valence-corrected chi connectivity index (χ1v) is 9.78. The number of hydrogen-bond donors (Lipinski definition) is 0. The lowest BCUT2D eigenvalue weighted by molar-refractivity contribution is 0.0803. The summed E-state index contributed by atoms with van der Waals surface area (Å²) in [5.41, 5.74) is 2.71. The molecule has 3 aromatic rings. The lowest BCUT2D eigenvalue weighted by Crippen LogP contribution is -2.31. The average Bonchev–Trinajstić information content (AvgIpc) is 3.12. The second-order valence-corrected chi connectivity index (χ2v) is 7.93. The molecule has 2 unspecified atom stereocenters. The van der Waals surface area contributed by atoms with Gasteiger partial charge in [0.05, 0.1) is 23.8 Å². The molecule has 4 rings (SSSR count). The molecule has 0 radical (unpaired) electrons. The van der Waals surface area contributed by atoms with Gasteiger partial charge in [-0.05, 0) is 18.2 Å². The van der Waals surface area contributed by atoms with E-state index in [1.54, 1.807) is 11.3 Å². The predicted molar refractivity (Wildman–Crippen MR) is 103 cm³/mol. The van der Waals surface area contributed by atoms with E-state index in [-0.39, 0.29) is 17.6 Å². The number of ether oxygens (including phenoxy) is 1. The van der Waals surface area contributed by atoms with E-state index in [1.807, 2.05) is 36.4 Å². The summed E-state index contributed by atoms with van der Waals surface area (Å²) in [6, 6.07) is 15.7. The Bertz CT molecular complexity index is 922. The van der Waals surface area contributed by atoms with Gasteiger partial charge in [-0.3, -0.25) is 4.79 Å². The molecule has 25 heavy (non-hydrogen) atoms. The monoisotopic (exact) mass is 413 g/mol. The van der Waals surface area contributed by atoms with Gasteiger partial charge in [0.1, 0.15) is 10.8 Å². The van der Waals surface area contributed by atoms with Crippen molar-refractivity contribution >= 4 is 33.0 Å². The van der Waals surface area contributed by atoms with Crippen LogP contribution in [0.15, 0.2) is 58.4 Å².